The Kier molecular flexibility index (Phi) is 3.61. The van der Waals surface area contributed by atoms with Gasteiger partial charge in [-0.1, -0.05) is 34.4 Å². The van der Waals surface area contributed by atoms with Gasteiger partial charge >= 0.3 is 0 Å². The fourth-order valence-corrected chi connectivity index (χ4v) is 1.74. The molecule has 1 aromatic carbocycles. The molecule has 1 heterocycles. The van der Waals surface area contributed by atoms with Crippen LogP contribution in [0.25, 0.3) is 0 Å². The van der Waals surface area contributed by atoms with E-state index in [0.29, 0.717) is 28.2 Å². The molecule has 1 aromatic heterocycles. The summed E-state index contributed by atoms with van der Waals surface area (Å²) in [6.07, 6.45) is 0.524. The van der Waals surface area contributed by atoms with Crippen LogP contribution in [0.1, 0.15) is 31.1 Å². The first-order valence-electron chi connectivity index (χ1n) is 5.42. The maximum atomic E-state index is 5.94. The summed E-state index contributed by atoms with van der Waals surface area (Å²) in [5.41, 5.74) is 6.20. The molecule has 4 nitrogen and oxygen atoms in total. The molecule has 6 heteroatoms. The van der Waals surface area contributed by atoms with Crippen LogP contribution < -0.4 is 5.73 Å². The van der Waals surface area contributed by atoms with Gasteiger partial charge in [0.2, 0.25) is 5.89 Å². The normalized spacial score (nSPS) is 11.8. The second-order valence-electron chi connectivity index (χ2n) is 4.66. The van der Waals surface area contributed by atoms with Gasteiger partial charge in [0.05, 0.1) is 15.6 Å². The molecule has 18 heavy (non-hydrogen) atoms. The van der Waals surface area contributed by atoms with Gasteiger partial charge < -0.3 is 10.3 Å². The molecule has 0 saturated heterocycles. The number of hydrogen-bond acceptors (Lipinski definition) is 4. The van der Waals surface area contributed by atoms with Crippen molar-refractivity contribution in [3.8, 4) is 0 Å². The lowest BCUT2D eigenvalue weighted by Crippen LogP contribution is -2.29. The Bertz CT molecular complexity index is 561. The van der Waals surface area contributed by atoms with Crippen LogP contribution in [0.2, 0.25) is 10.0 Å². The maximum absolute atomic E-state index is 5.94. The molecule has 0 saturated carbocycles. The third-order valence-corrected chi connectivity index (χ3v) is 3.10. The number of benzene rings is 1. The molecule has 2 aromatic rings. The van der Waals surface area contributed by atoms with E-state index in [9.17, 15) is 0 Å². The van der Waals surface area contributed by atoms with E-state index in [1.807, 2.05) is 19.9 Å². The summed E-state index contributed by atoms with van der Waals surface area (Å²) in [7, 11) is 0. The zero-order valence-electron chi connectivity index (χ0n) is 10.1. The van der Waals surface area contributed by atoms with Crippen molar-refractivity contribution in [2.45, 2.75) is 25.8 Å². The quantitative estimate of drug-likeness (QED) is 0.941. The average molecular weight is 286 g/mol. The highest BCUT2D eigenvalue weighted by Crippen LogP contribution is 2.23. The standard InChI is InChI=1S/C12H13Cl2N3O/c1-12(2,15)11-16-10(17-18-11)6-7-3-4-8(13)9(14)5-7/h3-5H,6,15H2,1-2H3. The largest absolute Gasteiger partial charge is 0.337 e. The smallest absolute Gasteiger partial charge is 0.246 e. The molecule has 0 aliphatic rings. The first-order valence-corrected chi connectivity index (χ1v) is 6.18. The molecule has 0 atom stereocenters. The van der Waals surface area contributed by atoms with Crippen molar-refractivity contribution in [1.82, 2.24) is 10.1 Å². The van der Waals surface area contributed by atoms with E-state index in [-0.39, 0.29) is 0 Å². The molecule has 2 N–H and O–H groups in total. The van der Waals surface area contributed by atoms with Crippen molar-refractivity contribution in [3.05, 3.63) is 45.5 Å². The van der Waals surface area contributed by atoms with Crippen molar-refractivity contribution >= 4 is 23.2 Å². The van der Waals surface area contributed by atoms with Gasteiger partial charge in [0.25, 0.3) is 0 Å². The van der Waals surface area contributed by atoms with Gasteiger partial charge in [-0.2, -0.15) is 4.98 Å². The summed E-state index contributed by atoms with van der Waals surface area (Å²) in [4.78, 5) is 4.25. The lowest BCUT2D eigenvalue weighted by molar-refractivity contribution is 0.310. The highest BCUT2D eigenvalue weighted by molar-refractivity contribution is 6.42. The first-order chi connectivity index (χ1) is 8.36. The highest BCUT2D eigenvalue weighted by Gasteiger charge is 2.22. The molecule has 0 aliphatic heterocycles. The van der Waals surface area contributed by atoms with E-state index in [2.05, 4.69) is 10.1 Å². The molecule has 0 unspecified atom stereocenters. The van der Waals surface area contributed by atoms with Gasteiger partial charge in [0.1, 0.15) is 0 Å². The van der Waals surface area contributed by atoms with E-state index in [1.165, 1.54) is 0 Å². The van der Waals surface area contributed by atoms with Crippen molar-refractivity contribution < 1.29 is 4.52 Å². The fraction of sp³-hybridized carbons (Fsp3) is 0.333. The third kappa shape index (κ3) is 3.02. The predicted molar refractivity (Wildman–Crippen MR) is 70.8 cm³/mol. The summed E-state index contributed by atoms with van der Waals surface area (Å²) in [5.74, 6) is 0.986. The van der Waals surface area contributed by atoms with E-state index >= 15 is 0 Å². The number of nitrogens with zero attached hydrogens (tertiary/aromatic N) is 2. The van der Waals surface area contributed by atoms with E-state index in [4.69, 9.17) is 33.5 Å². The summed E-state index contributed by atoms with van der Waals surface area (Å²) < 4.78 is 5.11. The Labute approximate surface area is 115 Å². The van der Waals surface area contributed by atoms with Crippen LogP contribution in [-0.2, 0) is 12.0 Å². The molecule has 0 aliphatic carbocycles. The summed E-state index contributed by atoms with van der Waals surface area (Å²) in [6.45, 7) is 3.62. The van der Waals surface area contributed by atoms with Crippen LogP contribution in [0.3, 0.4) is 0 Å². The first kappa shape index (κ1) is 13.3. The Morgan fingerprint density at radius 2 is 2.00 bits per heavy atom. The molecular formula is C12H13Cl2N3O. The molecular weight excluding hydrogens is 273 g/mol. The minimum Gasteiger partial charge on any atom is -0.337 e. The Morgan fingerprint density at radius 3 is 2.56 bits per heavy atom. The SMILES string of the molecule is CC(C)(N)c1nc(Cc2ccc(Cl)c(Cl)c2)no1. The maximum Gasteiger partial charge on any atom is 0.246 e. The van der Waals surface area contributed by atoms with Crippen LogP contribution in [0.5, 0.6) is 0 Å². The second-order valence-corrected chi connectivity index (χ2v) is 5.48. The number of halogens is 2. The molecule has 96 valence electrons. The Morgan fingerprint density at radius 1 is 1.28 bits per heavy atom. The Hall–Kier alpha value is -1.10. The van der Waals surface area contributed by atoms with E-state index in [0.717, 1.165) is 5.56 Å². The predicted octanol–water partition coefficient (Wildman–Crippen LogP) is 3.16. The molecule has 2 rings (SSSR count). The fourth-order valence-electron chi connectivity index (χ4n) is 1.42. The van der Waals surface area contributed by atoms with Crippen LogP contribution >= 0.6 is 23.2 Å². The second kappa shape index (κ2) is 4.88. The minimum absolute atomic E-state index is 0.414. The van der Waals surface area contributed by atoms with Crippen molar-refractivity contribution in [1.29, 1.82) is 0 Å². The zero-order valence-corrected chi connectivity index (χ0v) is 11.6. The van der Waals surface area contributed by atoms with Crippen LogP contribution in [0, 0.1) is 0 Å². The van der Waals surface area contributed by atoms with Gasteiger partial charge in [0, 0.05) is 6.42 Å². The Balaban J connectivity index is 2.19. The summed E-state index contributed by atoms with van der Waals surface area (Å²) in [6, 6.07) is 5.40. The zero-order chi connectivity index (χ0) is 13.3. The minimum atomic E-state index is -0.636. The van der Waals surface area contributed by atoms with Crippen molar-refractivity contribution in [2.75, 3.05) is 0 Å². The highest BCUT2D eigenvalue weighted by atomic mass is 35.5. The lowest BCUT2D eigenvalue weighted by atomic mass is 10.1. The molecule has 0 spiro atoms. The van der Waals surface area contributed by atoms with Gasteiger partial charge in [-0.25, -0.2) is 0 Å². The van der Waals surface area contributed by atoms with Gasteiger partial charge in [-0.05, 0) is 31.5 Å². The molecule has 0 amide bonds. The van der Waals surface area contributed by atoms with Gasteiger partial charge in [0.15, 0.2) is 5.82 Å². The third-order valence-electron chi connectivity index (χ3n) is 2.37. The molecule has 0 bridgehead atoms. The number of hydrogen-bond donors (Lipinski definition) is 1. The number of rotatable bonds is 3. The van der Waals surface area contributed by atoms with Crippen LogP contribution in [0.15, 0.2) is 22.7 Å². The van der Waals surface area contributed by atoms with E-state index in [1.54, 1.807) is 12.1 Å². The monoisotopic (exact) mass is 285 g/mol. The van der Waals surface area contributed by atoms with Crippen LogP contribution in [-0.4, -0.2) is 10.1 Å². The van der Waals surface area contributed by atoms with Crippen molar-refractivity contribution in [3.63, 3.8) is 0 Å². The average Bonchev–Trinajstić information content (AvgIpc) is 2.72. The van der Waals surface area contributed by atoms with E-state index < -0.39 is 5.54 Å². The molecule has 0 fully saturated rings. The number of nitrogens with two attached hydrogens (primary N) is 1. The lowest BCUT2D eigenvalue weighted by Gasteiger charge is -2.10. The summed E-state index contributed by atoms with van der Waals surface area (Å²) >= 11 is 11.8. The van der Waals surface area contributed by atoms with Crippen molar-refractivity contribution in [2.24, 2.45) is 5.73 Å². The summed E-state index contributed by atoms with van der Waals surface area (Å²) in [5, 5.41) is 4.92. The topological polar surface area (TPSA) is 64.9 Å². The molecule has 0 radical (unpaired) electrons. The van der Waals surface area contributed by atoms with Gasteiger partial charge in [-0.15, -0.1) is 0 Å². The number of aromatic nitrogens is 2. The van der Waals surface area contributed by atoms with Crippen LogP contribution in [0.4, 0.5) is 0 Å². The van der Waals surface area contributed by atoms with Gasteiger partial charge in [-0.3, -0.25) is 0 Å².